The maximum Gasteiger partial charge on any atom is 0.409 e. The molecule has 0 aromatic carbocycles. The molecule has 1 unspecified atom stereocenters. The fraction of sp³-hybridized carbons (Fsp3) is 0.818. The summed E-state index contributed by atoms with van der Waals surface area (Å²) < 4.78 is 5.07. The van der Waals surface area contributed by atoms with Crippen LogP contribution in [0, 0.1) is 0 Å². The van der Waals surface area contributed by atoms with Crippen molar-refractivity contribution in [2.24, 2.45) is 0 Å². The van der Waals surface area contributed by atoms with Gasteiger partial charge in [-0.2, -0.15) is 0 Å². The number of amides is 3. The molecule has 0 bridgehead atoms. The molecular formula is C11H21N3O3. The first-order chi connectivity index (χ1) is 7.78. The number of nitrogens with zero attached hydrogens (tertiary/aromatic N) is 1. The average Bonchev–Trinajstić information content (AvgIpc) is 2.43. The minimum Gasteiger partial charge on any atom is -0.444 e. The number of cyclic esters (lactones) is 1. The molecule has 0 aromatic heterocycles. The molecule has 6 nitrogen and oxygen atoms in total. The van der Waals surface area contributed by atoms with Gasteiger partial charge in [0.1, 0.15) is 6.10 Å². The molecule has 0 radical (unpaired) electrons. The molecule has 17 heavy (non-hydrogen) atoms. The van der Waals surface area contributed by atoms with E-state index in [-0.39, 0.29) is 23.8 Å². The van der Waals surface area contributed by atoms with Crippen LogP contribution in [0.5, 0.6) is 0 Å². The zero-order chi connectivity index (χ0) is 13.1. The van der Waals surface area contributed by atoms with Crippen molar-refractivity contribution in [3.63, 3.8) is 0 Å². The number of hydrogen-bond acceptors (Lipinski definition) is 3. The Morgan fingerprint density at radius 1 is 1.53 bits per heavy atom. The van der Waals surface area contributed by atoms with Gasteiger partial charge in [0, 0.05) is 25.6 Å². The lowest BCUT2D eigenvalue weighted by Gasteiger charge is -2.21. The monoisotopic (exact) mass is 243 g/mol. The lowest BCUT2D eigenvalue weighted by Crippen LogP contribution is -2.47. The van der Waals surface area contributed by atoms with Crippen LogP contribution < -0.4 is 10.6 Å². The lowest BCUT2D eigenvalue weighted by molar-refractivity contribution is 0.130. The van der Waals surface area contributed by atoms with Gasteiger partial charge in [0.05, 0.1) is 6.54 Å². The number of carbonyl (C=O) groups excluding carboxylic acids is 2. The Morgan fingerprint density at radius 3 is 2.65 bits per heavy atom. The molecule has 1 aliphatic rings. The highest BCUT2D eigenvalue weighted by molar-refractivity contribution is 5.74. The summed E-state index contributed by atoms with van der Waals surface area (Å²) in [6, 6.07) is -0.199. The highest BCUT2D eigenvalue weighted by Crippen LogP contribution is 2.11. The maximum absolute atomic E-state index is 11.4. The zero-order valence-electron chi connectivity index (χ0n) is 10.9. The van der Waals surface area contributed by atoms with Crippen LogP contribution in [-0.2, 0) is 4.74 Å². The molecule has 0 aromatic rings. The molecule has 98 valence electrons. The number of ether oxygens (including phenoxy) is 1. The molecule has 2 N–H and O–H groups in total. The molecule has 1 rings (SSSR count). The predicted octanol–water partition coefficient (Wildman–Crippen LogP) is 0.925. The van der Waals surface area contributed by atoms with E-state index in [0.29, 0.717) is 19.5 Å². The van der Waals surface area contributed by atoms with Gasteiger partial charge in [-0.25, -0.2) is 9.59 Å². The Bertz CT molecular complexity index is 299. The summed E-state index contributed by atoms with van der Waals surface area (Å²) in [6.07, 6.45) is 0.213. The Balaban J connectivity index is 2.16. The molecule has 1 heterocycles. The van der Waals surface area contributed by atoms with Crippen molar-refractivity contribution in [1.82, 2.24) is 15.5 Å². The first-order valence-electron chi connectivity index (χ1n) is 5.76. The van der Waals surface area contributed by atoms with E-state index in [4.69, 9.17) is 4.74 Å². The first kappa shape index (κ1) is 13.6. The second-order valence-corrected chi connectivity index (χ2v) is 5.31. The standard InChI is InChI=1S/C11H21N3O3/c1-11(2,3)13-9(15)12-6-5-8-7-14(4)10(16)17-8/h8H,5-7H2,1-4H3,(H2,12,13,15). The largest absolute Gasteiger partial charge is 0.444 e. The Morgan fingerprint density at radius 2 is 2.18 bits per heavy atom. The topological polar surface area (TPSA) is 70.7 Å². The third kappa shape index (κ3) is 4.93. The number of likely N-dealkylation sites (N-methyl/N-ethyl adjacent to an activating group) is 1. The van der Waals surface area contributed by atoms with E-state index in [1.165, 1.54) is 4.90 Å². The summed E-state index contributed by atoms with van der Waals surface area (Å²) in [5, 5.41) is 5.53. The fourth-order valence-electron chi connectivity index (χ4n) is 1.53. The van der Waals surface area contributed by atoms with Gasteiger partial charge in [-0.3, -0.25) is 0 Å². The third-order valence-electron chi connectivity index (χ3n) is 2.30. The van der Waals surface area contributed by atoms with E-state index in [0.717, 1.165) is 0 Å². The molecule has 1 saturated heterocycles. The van der Waals surface area contributed by atoms with Gasteiger partial charge in [-0.15, -0.1) is 0 Å². The summed E-state index contributed by atoms with van der Waals surface area (Å²) in [6.45, 7) is 6.83. The fourth-order valence-corrected chi connectivity index (χ4v) is 1.53. The summed E-state index contributed by atoms with van der Waals surface area (Å²) >= 11 is 0. The van der Waals surface area contributed by atoms with Crippen LogP contribution in [0.15, 0.2) is 0 Å². The average molecular weight is 243 g/mol. The number of hydrogen-bond donors (Lipinski definition) is 2. The van der Waals surface area contributed by atoms with Crippen molar-refractivity contribution in [2.75, 3.05) is 20.1 Å². The summed E-state index contributed by atoms with van der Waals surface area (Å²) in [7, 11) is 1.70. The molecule has 6 heteroatoms. The SMILES string of the molecule is CN1CC(CCNC(=O)NC(C)(C)C)OC1=O. The molecule has 1 aliphatic heterocycles. The van der Waals surface area contributed by atoms with E-state index in [9.17, 15) is 9.59 Å². The lowest BCUT2D eigenvalue weighted by atomic mass is 10.1. The zero-order valence-corrected chi connectivity index (χ0v) is 10.9. The van der Waals surface area contributed by atoms with Crippen LogP contribution in [0.4, 0.5) is 9.59 Å². The van der Waals surface area contributed by atoms with Crippen molar-refractivity contribution >= 4 is 12.1 Å². The highest BCUT2D eigenvalue weighted by Gasteiger charge is 2.27. The molecule has 1 atom stereocenters. The second-order valence-electron chi connectivity index (χ2n) is 5.31. The van der Waals surface area contributed by atoms with Crippen LogP contribution in [0.3, 0.4) is 0 Å². The van der Waals surface area contributed by atoms with E-state index < -0.39 is 0 Å². The van der Waals surface area contributed by atoms with E-state index in [1.807, 2.05) is 20.8 Å². The maximum atomic E-state index is 11.4. The van der Waals surface area contributed by atoms with E-state index in [2.05, 4.69) is 10.6 Å². The minimum absolute atomic E-state index is 0.123. The third-order valence-corrected chi connectivity index (χ3v) is 2.30. The highest BCUT2D eigenvalue weighted by atomic mass is 16.6. The Hall–Kier alpha value is -1.46. The second kappa shape index (κ2) is 5.25. The normalized spacial score (nSPS) is 20.1. The van der Waals surface area contributed by atoms with E-state index >= 15 is 0 Å². The van der Waals surface area contributed by atoms with Gasteiger partial charge in [0.15, 0.2) is 0 Å². The van der Waals surface area contributed by atoms with Gasteiger partial charge in [0.2, 0.25) is 0 Å². The van der Waals surface area contributed by atoms with Gasteiger partial charge in [-0.05, 0) is 20.8 Å². The first-order valence-corrected chi connectivity index (χ1v) is 5.76. The van der Waals surface area contributed by atoms with Gasteiger partial charge < -0.3 is 20.3 Å². The van der Waals surface area contributed by atoms with Crippen molar-refractivity contribution in [3.8, 4) is 0 Å². The van der Waals surface area contributed by atoms with Gasteiger partial charge in [0.25, 0.3) is 0 Å². The van der Waals surface area contributed by atoms with Crippen molar-refractivity contribution in [2.45, 2.75) is 38.8 Å². The van der Waals surface area contributed by atoms with Crippen LogP contribution >= 0.6 is 0 Å². The summed E-state index contributed by atoms with van der Waals surface area (Å²) in [5.41, 5.74) is -0.246. The van der Waals surface area contributed by atoms with E-state index in [1.54, 1.807) is 7.05 Å². The summed E-state index contributed by atoms with van der Waals surface area (Å²) in [5.74, 6) is 0. The number of carbonyl (C=O) groups is 2. The van der Waals surface area contributed by atoms with Gasteiger partial charge in [-0.1, -0.05) is 0 Å². The smallest absolute Gasteiger partial charge is 0.409 e. The summed E-state index contributed by atoms with van der Waals surface area (Å²) in [4.78, 5) is 24.0. The molecule has 1 fully saturated rings. The van der Waals surface area contributed by atoms with Crippen molar-refractivity contribution in [3.05, 3.63) is 0 Å². The van der Waals surface area contributed by atoms with Crippen LogP contribution in [0.25, 0.3) is 0 Å². The van der Waals surface area contributed by atoms with Crippen LogP contribution in [0.2, 0.25) is 0 Å². The Kier molecular flexibility index (Phi) is 4.20. The molecule has 0 spiro atoms. The number of nitrogens with one attached hydrogen (secondary N) is 2. The van der Waals surface area contributed by atoms with Crippen LogP contribution in [0.1, 0.15) is 27.2 Å². The molecule has 0 saturated carbocycles. The molecule has 3 amide bonds. The number of rotatable bonds is 3. The predicted molar refractivity (Wildman–Crippen MR) is 63.8 cm³/mol. The van der Waals surface area contributed by atoms with Crippen LogP contribution in [-0.4, -0.2) is 48.8 Å². The van der Waals surface area contributed by atoms with Crippen molar-refractivity contribution in [1.29, 1.82) is 0 Å². The molecular weight excluding hydrogens is 222 g/mol. The van der Waals surface area contributed by atoms with Gasteiger partial charge >= 0.3 is 12.1 Å². The molecule has 0 aliphatic carbocycles. The minimum atomic E-state index is -0.297. The quantitative estimate of drug-likeness (QED) is 0.774. The Labute approximate surface area is 102 Å². The number of urea groups is 1. The van der Waals surface area contributed by atoms with Crippen molar-refractivity contribution < 1.29 is 14.3 Å².